The molecule has 6 nitrogen and oxygen atoms in total. The largest absolute Gasteiger partial charge is 0.493 e. The molecule has 25 heavy (non-hydrogen) atoms. The summed E-state index contributed by atoms with van der Waals surface area (Å²) in [6.07, 6.45) is 0. The zero-order valence-electron chi connectivity index (χ0n) is 13.9. The SMILES string of the molecule is COc1cc(C(=O)c2nc3ccccc3nc2Cl)cc(OC)c1OC. The van der Waals surface area contributed by atoms with E-state index in [-0.39, 0.29) is 16.6 Å². The molecule has 3 aromatic rings. The summed E-state index contributed by atoms with van der Waals surface area (Å²) in [5, 5.41) is 0.0393. The zero-order valence-corrected chi connectivity index (χ0v) is 14.6. The van der Waals surface area contributed by atoms with Crippen molar-refractivity contribution in [2.45, 2.75) is 0 Å². The average Bonchev–Trinajstić information content (AvgIpc) is 2.65. The van der Waals surface area contributed by atoms with Gasteiger partial charge in [0.15, 0.2) is 16.7 Å². The van der Waals surface area contributed by atoms with Crippen LogP contribution < -0.4 is 14.2 Å². The Balaban J connectivity index is 2.14. The predicted octanol–water partition coefficient (Wildman–Crippen LogP) is 3.54. The summed E-state index contributed by atoms with van der Waals surface area (Å²) in [6.45, 7) is 0. The molecule has 0 spiro atoms. The van der Waals surface area contributed by atoms with E-state index in [1.165, 1.54) is 21.3 Å². The fourth-order valence-electron chi connectivity index (χ4n) is 2.47. The minimum Gasteiger partial charge on any atom is -0.493 e. The highest BCUT2D eigenvalue weighted by Crippen LogP contribution is 2.38. The van der Waals surface area contributed by atoms with Crippen LogP contribution in [0.1, 0.15) is 16.1 Å². The zero-order chi connectivity index (χ0) is 18.0. The maximum atomic E-state index is 12.9. The Morgan fingerprint density at radius 2 is 1.48 bits per heavy atom. The number of methoxy groups -OCH3 is 3. The van der Waals surface area contributed by atoms with Gasteiger partial charge in [0.05, 0.1) is 32.4 Å². The molecule has 2 aromatic carbocycles. The third kappa shape index (κ3) is 3.08. The van der Waals surface area contributed by atoms with Crippen molar-refractivity contribution in [2.24, 2.45) is 0 Å². The number of benzene rings is 2. The third-order valence-corrected chi connectivity index (χ3v) is 3.93. The van der Waals surface area contributed by atoms with Crippen LogP contribution in [-0.2, 0) is 0 Å². The highest BCUT2D eigenvalue weighted by molar-refractivity contribution is 6.33. The van der Waals surface area contributed by atoms with Gasteiger partial charge < -0.3 is 14.2 Å². The highest BCUT2D eigenvalue weighted by Gasteiger charge is 2.21. The number of ether oxygens (including phenoxy) is 3. The van der Waals surface area contributed by atoms with Crippen LogP contribution in [0.2, 0.25) is 5.15 Å². The first-order valence-corrected chi connectivity index (χ1v) is 7.73. The van der Waals surface area contributed by atoms with E-state index in [2.05, 4.69) is 9.97 Å². The van der Waals surface area contributed by atoms with Crippen LogP contribution in [-0.4, -0.2) is 37.1 Å². The molecule has 1 heterocycles. The van der Waals surface area contributed by atoms with E-state index < -0.39 is 0 Å². The van der Waals surface area contributed by atoms with Gasteiger partial charge >= 0.3 is 0 Å². The quantitative estimate of drug-likeness (QED) is 0.650. The first-order valence-electron chi connectivity index (χ1n) is 7.36. The van der Waals surface area contributed by atoms with Crippen LogP contribution in [0.25, 0.3) is 11.0 Å². The molecule has 0 saturated heterocycles. The average molecular weight is 359 g/mol. The number of nitrogens with zero attached hydrogens (tertiary/aromatic N) is 2. The lowest BCUT2D eigenvalue weighted by Crippen LogP contribution is -2.08. The summed E-state index contributed by atoms with van der Waals surface area (Å²) in [6, 6.07) is 10.3. The van der Waals surface area contributed by atoms with Gasteiger partial charge in [-0.2, -0.15) is 0 Å². The van der Waals surface area contributed by atoms with Gasteiger partial charge in [-0.05, 0) is 24.3 Å². The minimum absolute atomic E-state index is 0.0393. The molecule has 0 aliphatic heterocycles. The van der Waals surface area contributed by atoms with Gasteiger partial charge in [0.25, 0.3) is 0 Å². The lowest BCUT2D eigenvalue weighted by atomic mass is 10.1. The number of carbonyl (C=O) groups is 1. The molecule has 0 saturated carbocycles. The fourth-order valence-corrected chi connectivity index (χ4v) is 2.69. The van der Waals surface area contributed by atoms with Gasteiger partial charge in [0.2, 0.25) is 11.5 Å². The molecule has 0 atom stereocenters. The van der Waals surface area contributed by atoms with Crippen molar-refractivity contribution in [1.82, 2.24) is 9.97 Å². The smallest absolute Gasteiger partial charge is 0.214 e. The predicted molar refractivity (Wildman–Crippen MR) is 94.1 cm³/mol. The van der Waals surface area contributed by atoms with E-state index in [1.807, 2.05) is 12.1 Å². The molecular formula is C18H15ClN2O4. The molecule has 0 radical (unpaired) electrons. The topological polar surface area (TPSA) is 70.5 Å². The Kier molecular flexibility index (Phi) is 4.72. The van der Waals surface area contributed by atoms with Crippen LogP contribution >= 0.6 is 11.6 Å². The molecule has 128 valence electrons. The van der Waals surface area contributed by atoms with Crippen molar-refractivity contribution in [1.29, 1.82) is 0 Å². The van der Waals surface area contributed by atoms with Crippen molar-refractivity contribution in [3.8, 4) is 17.2 Å². The summed E-state index contributed by atoms with van der Waals surface area (Å²) in [4.78, 5) is 21.5. The lowest BCUT2D eigenvalue weighted by Gasteiger charge is -2.13. The maximum absolute atomic E-state index is 12.9. The van der Waals surface area contributed by atoms with E-state index in [4.69, 9.17) is 25.8 Å². The van der Waals surface area contributed by atoms with Gasteiger partial charge in [-0.1, -0.05) is 23.7 Å². The number of carbonyl (C=O) groups excluding carboxylic acids is 1. The van der Waals surface area contributed by atoms with Crippen molar-refractivity contribution in [3.63, 3.8) is 0 Å². The Bertz CT molecular complexity index is 934. The van der Waals surface area contributed by atoms with Gasteiger partial charge in [-0.3, -0.25) is 4.79 Å². The lowest BCUT2D eigenvalue weighted by molar-refractivity contribution is 0.103. The van der Waals surface area contributed by atoms with E-state index >= 15 is 0 Å². The van der Waals surface area contributed by atoms with Gasteiger partial charge in [0.1, 0.15) is 5.69 Å². The van der Waals surface area contributed by atoms with Gasteiger partial charge in [-0.25, -0.2) is 9.97 Å². The number of hydrogen-bond donors (Lipinski definition) is 0. The summed E-state index contributed by atoms with van der Waals surface area (Å²) >= 11 is 6.17. The first kappa shape index (κ1) is 17.0. The number of aromatic nitrogens is 2. The molecular weight excluding hydrogens is 344 g/mol. The van der Waals surface area contributed by atoms with Crippen molar-refractivity contribution < 1.29 is 19.0 Å². The Hall–Kier alpha value is -2.86. The van der Waals surface area contributed by atoms with Crippen LogP contribution in [0, 0.1) is 0 Å². The molecule has 0 amide bonds. The second kappa shape index (κ2) is 6.94. The van der Waals surface area contributed by atoms with E-state index in [0.717, 1.165) is 0 Å². The van der Waals surface area contributed by atoms with E-state index in [1.54, 1.807) is 24.3 Å². The number of fused-ring (bicyclic) bond motifs is 1. The number of para-hydroxylation sites is 2. The Labute approximate surface area is 149 Å². The van der Waals surface area contributed by atoms with Crippen molar-refractivity contribution >= 4 is 28.4 Å². The van der Waals surface area contributed by atoms with E-state index in [9.17, 15) is 4.79 Å². The number of hydrogen-bond acceptors (Lipinski definition) is 6. The van der Waals surface area contributed by atoms with Crippen LogP contribution in [0.15, 0.2) is 36.4 Å². The minimum atomic E-state index is -0.387. The van der Waals surface area contributed by atoms with E-state index in [0.29, 0.717) is 33.8 Å². The molecule has 0 aliphatic carbocycles. The fraction of sp³-hybridized carbons (Fsp3) is 0.167. The van der Waals surface area contributed by atoms with Crippen LogP contribution in [0.5, 0.6) is 17.2 Å². The second-order valence-corrected chi connectivity index (χ2v) is 5.45. The summed E-state index contributed by atoms with van der Waals surface area (Å²) in [5.41, 5.74) is 1.58. The van der Waals surface area contributed by atoms with Gasteiger partial charge in [-0.15, -0.1) is 0 Å². The normalized spacial score (nSPS) is 10.6. The molecule has 0 unspecified atom stereocenters. The van der Waals surface area contributed by atoms with Crippen LogP contribution in [0.4, 0.5) is 0 Å². The number of halogens is 1. The van der Waals surface area contributed by atoms with Crippen molar-refractivity contribution in [2.75, 3.05) is 21.3 Å². The second-order valence-electron chi connectivity index (χ2n) is 5.09. The molecule has 3 rings (SSSR count). The third-order valence-electron chi connectivity index (χ3n) is 3.67. The molecule has 0 bridgehead atoms. The molecule has 7 heteroatoms. The molecule has 0 aliphatic rings. The number of ketones is 1. The summed E-state index contributed by atoms with van der Waals surface area (Å²) in [5.74, 6) is 0.755. The van der Waals surface area contributed by atoms with Crippen molar-refractivity contribution in [3.05, 3.63) is 52.8 Å². The molecule has 0 N–H and O–H groups in total. The van der Waals surface area contributed by atoms with Crippen LogP contribution in [0.3, 0.4) is 0 Å². The monoisotopic (exact) mass is 358 g/mol. The number of rotatable bonds is 5. The standard InChI is InChI=1S/C18H15ClN2O4/c1-23-13-8-10(9-14(24-2)17(13)25-3)16(22)15-18(19)21-12-7-5-4-6-11(12)20-15/h4-9H,1-3H3. The molecule has 0 fully saturated rings. The maximum Gasteiger partial charge on any atom is 0.214 e. The Morgan fingerprint density at radius 3 is 2.00 bits per heavy atom. The first-order chi connectivity index (χ1) is 12.1. The highest BCUT2D eigenvalue weighted by atomic mass is 35.5. The molecule has 1 aromatic heterocycles. The van der Waals surface area contributed by atoms with Gasteiger partial charge in [0, 0.05) is 5.56 Å². The Morgan fingerprint density at radius 1 is 0.920 bits per heavy atom. The summed E-state index contributed by atoms with van der Waals surface area (Å²) in [7, 11) is 4.45. The summed E-state index contributed by atoms with van der Waals surface area (Å²) < 4.78 is 15.8.